The van der Waals surface area contributed by atoms with Gasteiger partial charge in [-0.1, -0.05) is 69.9 Å². The normalized spacial score (nSPS) is 19.3. The van der Waals surface area contributed by atoms with E-state index in [4.69, 9.17) is 15.9 Å². The lowest BCUT2D eigenvalue weighted by atomic mass is 10.0. The number of nitrogens with two attached hydrogens (primary N) is 1. The second-order valence-electron chi connectivity index (χ2n) is 8.92. The van der Waals surface area contributed by atoms with Gasteiger partial charge in [0.25, 0.3) is 0 Å². The number of rotatable bonds is 13. The average molecular weight is 540 g/mol. The Balaban J connectivity index is 0.000000416. The van der Waals surface area contributed by atoms with Gasteiger partial charge in [0.05, 0.1) is 34.6 Å². The number of dihydropyridines is 2. The molecule has 9 heteroatoms. The molecule has 2 atom stereocenters. The molecule has 2 unspecified atom stereocenters. The first-order chi connectivity index (χ1) is 18.6. The average Bonchev–Trinajstić information content (AvgIpc) is 2.89. The zero-order valence-electron chi connectivity index (χ0n) is 22.9. The smallest absolute Gasteiger partial charge is 0.335 e. The van der Waals surface area contributed by atoms with Crippen LogP contribution in [0.1, 0.15) is 59.3 Å². The molecule has 0 radical (unpaired) electrons. The molecule has 0 bridgehead atoms. The quantitative estimate of drug-likeness (QED) is 0.0843. The number of nitrogens with one attached hydrogen (secondary N) is 2. The molecule has 0 aromatic heterocycles. The third-order valence-corrected chi connectivity index (χ3v) is 5.63. The minimum Gasteiger partial charge on any atom is -0.478 e. The number of carboxylic acid groups (broad SMARTS) is 3. The molecule has 0 amide bonds. The summed E-state index contributed by atoms with van der Waals surface area (Å²) in [4.78, 5) is 33.0. The predicted molar refractivity (Wildman–Crippen MR) is 154 cm³/mol. The Kier molecular flexibility index (Phi) is 15.2. The van der Waals surface area contributed by atoms with Crippen LogP contribution in [0.15, 0.2) is 95.1 Å². The maximum Gasteiger partial charge on any atom is 0.335 e. The van der Waals surface area contributed by atoms with Crippen molar-refractivity contribution in [1.82, 2.24) is 10.6 Å². The fraction of sp³-hybridized carbons (Fsp3) is 0.367. The van der Waals surface area contributed by atoms with Gasteiger partial charge in [0.2, 0.25) is 0 Å². The Morgan fingerprint density at radius 2 is 1.44 bits per heavy atom. The number of carboxylic acids is 3. The van der Waals surface area contributed by atoms with E-state index in [0.29, 0.717) is 11.5 Å². The van der Waals surface area contributed by atoms with Gasteiger partial charge in [-0.2, -0.15) is 0 Å². The van der Waals surface area contributed by atoms with Crippen LogP contribution in [-0.4, -0.2) is 45.3 Å². The van der Waals surface area contributed by atoms with Gasteiger partial charge in [0.15, 0.2) is 0 Å². The minimum absolute atomic E-state index is 0.118. The zero-order valence-corrected chi connectivity index (χ0v) is 22.9. The van der Waals surface area contributed by atoms with Crippen LogP contribution in [0.4, 0.5) is 0 Å². The molecule has 2 rings (SSSR count). The summed E-state index contributed by atoms with van der Waals surface area (Å²) in [6, 6.07) is -0.487. The predicted octanol–water partition coefficient (Wildman–Crippen LogP) is 4.70. The molecule has 0 aromatic rings. The lowest BCUT2D eigenvalue weighted by molar-refractivity contribution is -0.133. The van der Waals surface area contributed by atoms with Crippen LogP contribution in [0.3, 0.4) is 0 Å². The Hall–Kier alpha value is -4.27. The molecule has 2 heterocycles. The van der Waals surface area contributed by atoms with E-state index in [-0.39, 0.29) is 28.8 Å². The maximum absolute atomic E-state index is 11.2. The van der Waals surface area contributed by atoms with Crippen LogP contribution in [0.25, 0.3) is 0 Å². The lowest BCUT2D eigenvalue weighted by Crippen LogP contribution is -2.33. The standard InChI is InChI=1S/C18H23NO4.C12H18N2O2/c1-3-5-6-7-8-15-11-14(18(22)23)12-16(19-15)10-9-13(4-2)17(20)21;1-2-3-4-5-6-10-7-9(12(15)16)8-11(13)14-10/h4,7-12,16,19H,3,5-6H2,1-2H3,(H,20,21)(H,22,23);5-8,10,14H,2-4,13H2,1H3,(H,15,16)/b8-7+,10-9-,13-4+;6-5+. The van der Waals surface area contributed by atoms with Crippen molar-refractivity contribution in [1.29, 1.82) is 0 Å². The molecule has 0 saturated heterocycles. The second-order valence-corrected chi connectivity index (χ2v) is 8.92. The van der Waals surface area contributed by atoms with Crippen LogP contribution in [0.2, 0.25) is 0 Å². The number of allylic oxidation sites excluding steroid dienone is 4. The van der Waals surface area contributed by atoms with E-state index >= 15 is 0 Å². The molecular formula is C30H41N3O6. The maximum atomic E-state index is 11.2. The Labute approximate surface area is 230 Å². The van der Waals surface area contributed by atoms with E-state index in [1.807, 2.05) is 18.2 Å². The third kappa shape index (κ3) is 13.2. The van der Waals surface area contributed by atoms with Crippen molar-refractivity contribution in [2.75, 3.05) is 0 Å². The molecule has 0 saturated carbocycles. The lowest BCUT2D eigenvalue weighted by Gasteiger charge is -2.19. The summed E-state index contributed by atoms with van der Waals surface area (Å²) in [5.74, 6) is -2.58. The van der Waals surface area contributed by atoms with Gasteiger partial charge < -0.3 is 31.7 Å². The van der Waals surface area contributed by atoms with Crippen molar-refractivity contribution >= 4 is 17.9 Å². The van der Waals surface area contributed by atoms with Crippen molar-refractivity contribution in [2.24, 2.45) is 5.73 Å². The van der Waals surface area contributed by atoms with Crippen LogP contribution >= 0.6 is 0 Å². The fourth-order valence-electron chi connectivity index (χ4n) is 3.53. The van der Waals surface area contributed by atoms with Gasteiger partial charge in [-0.05, 0) is 56.2 Å². The van der Waals surface area contributed by atoms with E-state index in [1.165, 1.54) is 18.2 Å². The Bertz CT molecular complexity index is 1110. The molecule has 0 spiro atoms. The van der Waals surface area contributed by atoms with Crippen LogP contribution in [0.5, 0.6) is 0 Å². The van der Waals surface area contributed by atoms with E-state index in [0.717, 1.165) is 38.5 Å². The highest BCUT2D eigenvalue weighted by Gasteiger charge is 2.16. The summed E-state index contributed by atoms with van der Waals surface area (Å²) in [6.07, 6.45) is 25.1. The van der Waals surface area contributed by atoms with Gasteiger partial charge >= 0.3 is 17.9 Å². The SMILES string of the molecule is C/C=C(\C=C/C1C=C(C(=O)O)C=C(/C=C/CCCC)N1)C(=O)O.CCCC/C=C/C1C=C(C(=O)O)C=C(N)N1. The van der Waals surface area contributed by atoms with E-state index in [1.54, 1.807) is 31.2 Å². The summed E-state index contributed by atoms with van der Waals surface area (Å²) in [5, 5.41) is 33.2. The molecule has 2 aliphatic heterocycles. The molecule has 7 N–H and O–H groups in total. The number of unbranched alkanes of at least 4 members (excludes halogenated alkanes) is 4. The molecule has 0 aliphatic carbocycles. The highest BCUT2D eigenvalue weighted by Crippen LogP contribution is 2.14. The van der Waals surface area contributed by atoms with Gasteiger partial charge in [0.1, 0.15) is 0 Å². The molecule has 39 heavy (non-hydrogen) atoms. The van der Waals surface area contributed by atoms with E-state index < -0.39 is 17.9 Å². The monoisotopic (exact) mass is 539 g/mol. The topological polar surface area (TPSA) is 162 Å². The first-order valence-corrected chi connectivity index (χ1v) is 13.1. The van der Waals surface area contributed by atoms with Gasteiger partial charge in [-0.15, -0.1) is 0 Å². The first-order valence-electron chi connectivity index (χ1n) is 13.1. The van der Waals surface area contributed by atoms with Crippen LogP contribution < -0.4 is 16.4 Å². The van der Waals surface area contributed by atoms with E-state index in [2.05, 4.69) is 30.6 Å². The van der Waals surface area contributed by atoms with Gasteiger partial charge in [-0.3, -0.25) is 0 Å². The van der Waals surface area contributed by atoms with Crippen LogP contribution in [-0.2, 0) is 14.4 Å². The summed E-state index contributed by atoms with van der Waals surface area (Å²) >= 11 is 0. The highest BCUT2D eigenvalue weighted by molar-refractivity contribution is 5.91. The largest absolute Gasteiger partial charge is 0.478 e. The summed E-state index contributed by atoms with van der Waals surface area (Å²) < 4.78 is 0. The molecule has 0 aromatic carbocycles. The minimum atomic E-state index is -1.02. The fourth-order valence-corrected chi connectivity index (χ4v) is 3.53. The van der Waals surface area contributed by atoms with Crippen molar-refractivity contribution in [2.45, 2.75) is 71.4 Å². The number of aliphatic carboxylic acids is 3. The van der Waals surface area contributed by atoms with Crippen molar-refractivity contribution < 1.29 is 29.7 Å². The third-order valence-electron chi connectivity index (χ3n) is 5.63. The van der Waals surface area contributed by atoms with Crippen molar-refractivity contribution in [3.63, 3.8) is 0 Å². The number of carbonyl (C=O) groups is 3. The molecule has 0 fully saturated rings. The van der Waals surface area contributed by atoms with E-state index in [9.17, 15) is 19.5 Å². The number of hydrogen-bond donors (Lipinski definition) is 6. The first kappa shape index (κ1) is 32.8. The Morgan fingerprint density at radius 3 is 1.97 bits per heavy atom. The molecule has 212 valence electrons. The number of hydrogen-bond acceptors (Lipinski definition) is 6. The van der Waals surface area contributed by atoms with Gasteiger partial charge in [-0.25, -0.2) is 14.4 Å². The van der Waals surface area contributed by atoms with Crippen molar-refractivity contribution in [3.05, 3.63) is 95.1 Å². The van der Waals surface area contributed by atoms with Gasteiger partial charge in [0, 0.05) is 5.70 Å². The molecule has 2 aliphatic rings. The summed E-state index contributed by atoms with van der Waals surface area (Å²) in [7, 11) is 0. The highest BCUT2D eigenvalue weighted by atomic mass is 16.4. The molecular weight excluding hydrogens is 498 g/mol. The Morgan fingerprint density at radius 1 is 0.872 bits per heavy atom. The zero-order chi connectivity index (χ0) is 29.2. The van der Waals surface area contributed by atoms with Crippen molar-refractivity contribution in [3.8, 4) is 0 Å². The second kappa shape index (κ2) is 18.1. The van der Waals surface area contributed by atoms with Crippen LogP contribution in [0, 0.1) is 0 Å². The summed E-state index contributed by atoms with van der Waals surface area (Å²) in [5.41, 5.74) is 6.88. The molecule has 9 nitrogen and oxygen atoms in total. The summed E-state index contributed by atoms with van der Waals surface area (Å²) in [6.45, 7) is 5.89.